The fourth-order valence-corrected chi connectivity index (χ4v) is 2.70. The van der Waals surface area contributed by atoms with Crippen molar-refractivity contribution in [3.63, 3.8) is 0 Å². The number of esters is 1. The minimum Gasteiger partial charge on any atom is -0.465 e. The molecule has 1 N–H and O–H groups in total. The summed E-state index contributed by atoms with van der Waals surface area (Å²) in [6.45, 7) is 2.03. The Kier molecular flexibility index (Phi) is 3.90. The molecule has 4 nitrogen and oxygen atoms in total. The molecule has 3 rings (SSSR count). The number of ether oxygens (including phenoxy) is 1. The normalized spacial score (nSPS) is 14.9. The Hall–Kier alpha value is -2.62. The molecule has 1 aliphatic rings. The summed E-state index contributed by atoms with van der Waals surface area (Å²) in [6, 6.07) is 14.9. The molecular weight excluding hydrogens is 290 g/mol. The van der Waals surface area contributed by atoms with Crippen LogP contribution in [-0.4, -0.2) is 19.0 Å². The lowest BCUT2D eigenvalue weighted by atomic mass is 9.94. The van der Waals surface area contributed by atoms with Crippen molar-refractivity contribution in [1.29, 1.82) is 0 Å². The van der Waals surface area contributed by atoms with Crippen LogP contribution in [0.3, 0.4) is 0 Å². The molecule has 1 fully saturated rings. The van der Waals surface area contributed by atoms with Crippen molar-refractivity contribution in [2.45, 2.75) is 25.2 Å². The van der Waals surface area contributed by atoms with Gasteiger partial charge in [-0.05, 0) is 49.6 Å². The van der Waals surface area contributed by atoms with Crippen molar-refractivity contribution in [2.24, 2.45) is 0 Å². The molecule has 4 heteroatoms. The highest BCUT2D eigenvalue weighted by Gasteiger charge is 2.51. The van der Waals surface area contributed by atoms with Crippen LogP contribution in [0.15, 0.2) is 48.5 Å². The van der Waals surface area contributed by atoms with E-state index in [4.69, 9.17) is 0 Å². The minimum absolute atomic E-state index is 0.00664. The Balaban J connectivity index is 1.74. The van der Waals surface area contributed by atoms with Crippen molar-refractivity contribution in [3.05, 3.63) is 65.2 Å². The second kappa shape index (κ2) is 5.88. The van der Waals surface area contributed by atoms with Crippen LogP contribution in [0.1, 0.15) is 34.3 Å². The SMILES string of the molecule is COC(=O)c1ccc(NC(=O)C2(c3ccc(C)cc3)CC2)cc1. The number of rotatable bonds is 4. The molecule has 0 atom stereocenters. The topological polar surface area (TPSA) is 55.4 Å². The van der Waals surface area contributed by atoms with Crippen molar-refractivity contribution in [2.75, 3.05) is 12.4 Å². The standard InChI is InChI=1S/C19H19NO3/c1-13-3-7-15(8-4-13)19(11-12-19)18(22)20-16-9-5-14(6-10-16)17(21)23-2/h3-10H,11-12H2,1-2H3,(H,20,22). The van der Waals surface area contributed by atoms with Crippen LogP contribution in [0.5, 0.6) is 0 Å². The van der Waals surface area contributed by atoms with Crippen LogP contribution in [0.25, 0.3) is 0 Å². The molecule has 0 aromatic heterocycles. The number of nitrogens with one attached hydrogen (secondary N) is 1. The predicted molar refractivity (Wildman–Crippen MR) is 88.5 cm³/mol. The zero-order chi connectivity index (χ0) is 16.4. The maximum Gasteiger partial charge on any atom is 0.337 e. The van der Waals surface area contributed by atoms with E-state index in [-0.39, 0.29) is 11.9 Å². The molecule has 23 heavy (non-hydrogen) atoms. The third kappa shape index (κ3) is 2.97. The van der Waals surface area contributed by atoms with Crippen molar-refractivity contribution in [3.8, 4) is 0 Å². The summed E-state index contributed by atoms with van der Waals surface area (Å²) < 4.78 is 4.66. The molecule has 1 amide bonds. The van der Waals surface area contributed by atoms with Gasteiger partial charge in [0.15, 0.2) is 0 Å². The fraction of sp³-hybridized carbons (Fsp3) is 0.263. The molecule has 0 saturated heterocycles. The van der Waals surface area contributed by atoms with Crippen LogP contribution in [-0.2, 0) is 14.9 Å². The Morgan fingerprint density at radius 3 is 2.13 bits per heavy atom. The van der Waals surface area contributed by atoms with Gasteiger partial charge in [0.2, 0.25) is 5.91 Å². The quantitative estimate of drug-likeness (QED) is 0.880. The van der Waals surface area contributed by atoms with Crippen LogP contribution in [0.2, 0.25) is 0 Å². The summed E-state index contributed by atoms with van der Waals surface area (Å²) in [5.74, 6) is -0.381. The fourth-order valence-electron chi connectivity index (χ4n) is 2.70. The monoisotopic (exact) mass is 309 g/mol. The molecule has 0 aliphatic heterocycles. The third-order valence-electron chi connectivity index (χ3n) is 4.35. The lowest BCUT2D eigenvalue weighted by Gasteiger charge is -2.16. The first-order valence-corrected chi connectivity index (χ1v) is 7.62. The van der Waals surface area contributed by atoms with E-state index in [1.165, 1.54) is 12.7 Å². The van der Waals surface area contributed by atoms with E-state index >= 15 is 0 Å². The van der Waals surface area contributed by atoms with Crippen LogP contribution >= 0.6 is 0 Å². The average molecular weight is 309 g/mol. The average Bonchev–Trinajstić information content (AvgIpc) is 3.37. The Bertz CT molecular complexity index is 728. The summed E-state index contributed by atoms with van der Waals surface area (Å²) in [6.07, 6.45) is 1.73. The van der Waals surface area contributed by atoms with Crippen molar-refractivity contribution >= 4 is 17.6 Å². The second-order valence-corrected chi connectivity index (χ2v) is 5.97. The summed E-state index contributed by atoms with van der Waals surface area (Å²) >= 11 is 0. The predicted octanol–water partition coefficient (Wildman–Crippen LogP) is 3.45. The Morgan fingerprint density at radius 2 is 1.61 bits per heavy atom. The van der Waals surface area contributed by atoms with Gasteiger partial charge in [-0.3, -0.25) is 4.79 Å². The zero-order valence-electron chi connectivity index (χ0n) is 13.3. The number of methoxy groups -OCH3 is 1. The van der Waals surface area contributed by atoms with Gasteiger partial charge in [0.25, 0.3) is 0 Å². The molecule has 2 aromatic carbocycles. The molecule has 0 radical (unpaired) electrons. The van der Waals surface area contributed by atoms with Gasteiger partial charge in [-0.2, -0.15) is 0 Å². The van der Waals surface area contributed by atoms with Gasteiger partial charge in [-0.15, -0.1) is 0 Å². The van der Waals surface area contributed by atoms with E-state index in [1.54, 1.807) is 24.3 Å². The minimum atomic E-state index is -0.408. The Morgan fingerprint density at radius 1 is 1.00 bits per heavy atom. The molecule has 0 spiro atoms. The number of hydrogen-bond acceptors (Lipinski definition) is 3. The van der Waals surface area contributed by atoms with Crippen LogP contribution in [0, 0.1) is 6.92 Å². The molecule has 0 heterocycles. The van der Waals surface area contributed by atoms with Gasteiger partial charge in [-0.1, -0.05) is 29.8 Å². The number of benzene rings is 2. The molecular formula is C19H19NO3. The highest BCUT2D eigenvalue weighted by Crippen LogP contribution is 2.49. The largest absolute Gasteiger partial charge is 0.465 e. The number of carbonyl (C=O) groups is 2. The van der Waals surface area contributed by atoms with Gasteiger partial charge in [-0.25, -0.2) is 4.79 Å². The highest BCUT2D eigenvalue weighted by molar-refractivity contribution is 6.01. The van der Waals surface area contributed by atoms with Crippen molar-refractivity contribution in [1.82, 2.24) is 0 Å². The first kappa shape index (κ1) is 15.3. The number of aryl methyl sites for hydroxylation is 1. The van der Waals surface area contributed by atoms with Gasteiger partial charge in [0.05, 0.1) is 18.1 Å². The van der Waals surface area contributed by atoms with E-state index in [1.807, 2.05) is 31.2 Å². The summed E-state index contributed by atoms with van der Waals surface area (Å²) in [5.41, 5.74) is 2.98. The Labute approximate surface area is 135 Å². The summed E-state index contributed by atoms with van der Waals surface area (Å²) in [5, 5.41) is 2.95. The number of amides is 1. The first-order chi connectivity index (χ1) is 11.0. The first-order valence-electron chi connectivity index (χ1n) is 7.62. The smallest absolute Gasteiger partial charge is 0.337 e. The van der Waals surface area contributed by atoms with Gasteiger partial charge in [0.1, 0.15) is 0 Å². The molecule has 0 bridgehead atoms. The molecule has 1 saturated carbocycles. The summed E-state index contributed by atoms with van der Waals surface area (Å²) in [7, 11) is 1.34. The maximum absolute atomic E-state index is 12.7. The van der Waals surface area contributed by atoms with Gasteiger partial charge in [0, 0.05) is 5.69 Å². The highest BCUT2D eigenvalue weighted by atomic mass is 16.5. The van der Waals surface area contributed by atoms with E-state index < -0.39 is 5.41 Å². The third-order valence-corrected chi connectivity index (χ3v) is 4.35. The van der Waals surface area contributed by atoms with E-state index in [2.05, 4.69) is 10.1 Å². The van der Waals surface area contributed by atoms with Crippen LogP contribution < -0.4 is 5.32 Å². The number of hydrogen-bond donors (Lipinski definition) is 1. The van der Waals surface area contributed by atoms with Crippen molar-refractivity contribution < 1.29 is 14.3 Å². The van der Waals surface area contributed by atoms with E-state index in [0.717, 1.165) is 18.4 Å². The molecule has 1 aliphatic carbocycles. The van der Waals surface area contributed by atoms with Gasteiger partial charge < -0.3 is 10.1 Å². The molecule has 0 unspecified atom stereocenters. The number of anilines is 1. The second-order valence-electron chi connectivity index (χ2n) is 5.97. The molecule has 2 aromatic rings. The van der Waals surface area contributed by atoms with Gasteiger partial charge >= 0.3 is 5.97 Å². The van der Waals surface area contributed by atoms with Crippen LogP contribution in [0.4, 0.5) is 5.69 Å². The van der Waals surface area contributed by atoms with E-state index in [9.17, 15) is 9.59 Å². The lowest BCUT2D eigenvalue weighted by Crippen LogP contribution is -2.27. The summed E-state index contributed by atoms with van der Waals surface area (Å²) in [4.78, 5) is 24.1. The zero-order valence-corrected chi connectivity index (χ0v) is 13.3. The lowest BCUT2D eigenvalue weighted by molar-refractivity contribution is -0.118. The molecule has 118 valence electrons. The number of carbonyl (C=O) groups excluding carboxylic acids is 2. The van der Waals surface area contributed by atoms with E-state index in [0.29, 0.717) is 11.3 Å². The maximum atomic E-state index is 12.7.